The van der Waals surface area contributed by atoms with Crippen molar-refractivity contribution in [3.05, 3.63) is 35.9 Å². The third-order valence-corrected chi connectivity index (χ3v) is 11.6. The minimum atomic E-state index is -3.97. The Morgan fingerprint density at radius 3 is 2.04 bits per heavy atom. The number of hydrogen-bond acceptors (Lipinski definition) is 9. The normalized spacial score (nSPS) is 19.1. The Labute approximate surface area is 312 Å². The lowest BCUT2D eigenvalue weighted by atomic mass is 9.89. The Balaban J connectivity index is 2.27. The van der Waals surface area contributed by atoms with Crippen molar-refractivity contribution in [3.63, 3.8) is 0 Å². The van der Waals surface area contributed by atoms with Crippen LogP contribution in [0.3, 0.4) is 0 Å². The summed E-state index contributed by atoms with van der Waals surface area (Å²) >= 11 is 0. The van der Waals surface area contributed by atoms with Crippen LogP contribution in [0.4, 0.5) is 0 Å². The van der Waals surface area contributed by atoms with E-state index in [1.807, 2.05) is 60.5 Å². The zero-order chi connectivity index (χ0) is 39.5. The number of carbonyl (C=O) groups excluding carboxylic acids is 4. The number of benzene rings is 1. The first-order valence-corrected chi connectivity index (χ1v) is 20.1. The lowest BCUT2D eigenvalue weighted by Gasteiger charge is -2.41. The average molecular weight is 752 g/mol. The van der Waals surface area contributed by atoms with Gasteiger partial charge in [-0.2, -0.15) is 0 Å². The van der Waals surface area contributed by atoms with Gasteiger partial charge in [-0.25, -0.2) is 8.42 Å². The van der Waals surface area contributed by atoms with Crippen LogP contribution in [0.5, 0.6) is 0 Å². The van der Waals surface area contributed by atoms with Gasteiger partial charge >= 0.3 is 0 Å². The SMILES string of the molecule is CC[C@H](C)[C@@H]([C@@H](CC(=O)N1CCC[C@H]1[C@H](OC)[C@@H](C)C(=O)NS(=O)(=O)Cc1ccccc1)OC)N(C)C(=O)[C@@H](NC(=O)[C@H](C(C)C)N(C)C)C(C)C. The maximum absolute atomic E-state index is 14.2. The van der Waals surface area contributed by atoms with Crippen LogP contribution < -0.4 is 10.0 Å². The molecule has 1 heterocycles. The van der Waals surface area contributed by atoms with Crippen LogP contribution in [-0.2, 0) is 44.4 Å². The number of amides is 4. The van der Waals surface area contributed by atoms with Crippen molar-refractivity contribution < 1.29 is 37.1 Å². The van der Waals surface area contributed by atoms with Crippen LogP contribution in [0.25, 0.3) is 0 Å². The van der Waals surface area contributed by atoms with Gasteiger partial charge in [0.05, 0.1) is 48.4 Å². The van der Waals surface area contributed by atoms with Crippen LogP contribution in [-0.4, -0.2) is 125 Å². The molecule has 0 spiro atoms. The summed E-state index contributed by atoms with van der Waals surface area (Å²) in [5.74, 6) is -2.84. The number of likely N-dealkylation sites (tertiary alicyclic amines) is 1. The van der Waals surface area contributed by atoms with E-state index in [-0.39, 0.29) is 47.6 Å². The molecule has 13 nitrogen and oxygen atoms in total. The Kier molecular flexibility index (Phi) is 17.7. The summed E-state index contributed by atoms with van der Waals surface area (Å²) in [5.41, 5.74) is 0.551. The van der Waals surface area contributed by atoms with Crippen LogP contribution in [0.1, 0.15) is 79.7 Å². The molecule has 0 aromatic heterocycles. The fraction of sp³-hybridized carbons (Fsp3) is 0.737. The molecule has 1 aliphatic heterocycles. The van der Waals surface area contributed by atoms with Crippen LogP contribution in [0, 0.1) is 23.7 Å². The molecule has 1 aromatic carbocycles. The second-order valence-electron chi connectivity index (χ2n) is 15.2. The molecule has 4 amide bonds. The number of nitrogens with one attached hydrogen (secondary N) is 2. The Hall–Kier alpha value is -3.07. The summed E-state index contributed by atoms with van der Waals surface area (Å²) in [4.78, 5) is 60.1. The second-order valence-corrected chi connectivity index (χ2v) is 16.9. The first-order valence-electron chi connectivity index (χ1n) is 18.5. The highest BCUT2D eigenvalue weighted by molar-refractivity contribution is 7.89. The van der Waals surface area contributed by atoms with Gasteiger partial charge in [0.15, 0.2) is 0 Å². The summed E-state index contributed by atoms with van der Waals surface area (Å²) in [7, 11) is 4.40. The Morgan fingerprint density at radius 1 is 0.923 bits per heavy atom. The number of ether oxygens (including phenoxy) is 2. The molecular formula is C38H65N5O8S. The average Bonchev–Trinajstić information content (AvgIpc) is 3.55. The van der Waals surface area contributed by atoms with E-state index in [1.54, 1.807) is 54.1 Å². The lowest BCUT2D eigenvalue weighted by Crippen LogP contribution is -2.59. The number of rotatable bonds is 20. The summed E-state index contributed by atoms with van der Waals surface area (Å²) in [5, 5.41) is 3.01. The van der Waals surface area contributed by atoms with Crippen molar-refractivity contribution in [3.8, 4) is 0 Å². The highest BCUT2D eigenvalue weighted by Gasteiger charge is 2.43. The standard InChI is InChI=1S/C38H65N5O8S/c1-13-26(6)34(42(10)38(47)32(24(2)3)39-37(46)33(25(4)5)41(8)9)30(50-11)22-31(44)43-21-17-20-29(43)35(51-12)27(7)36(45)40-52(48,49)23-28-18-15-14-16-19-28/h14-16,18-19,24-27,29-30,32-35H,13,17,20-23H2,1-12H3,(H,39,46)(H,40,45)/t26-,27+,29-,30+,32-,33-,34-,35+/m0/s1. The van der Waals surface area contributed by atoms with E-state index in [4.69, 9.17) is 9.47 Å². The molecule has 0 saturated carbocycles. The van der Waals surface area contributed by atoms with Gasteiger partial charge in [-0.05, 0) is 50.3 Å². The molecule has 0 radical (unpaired) electrons. The number of carbonyl (C=O) groups is 4. The molecule has 2 N–H and O–H groups in total. The number of hydrogen-bond donors (Lipinski definition) is 2. The smallest absolute Gasteiger partial charge is 0.245 e. The minimum absolute atomic E-state index is 0.0309. The van der Waals surface area contributed by atoms with Gasteiger partial charge in [-0.15, -0.1) is 0 Å². The Morgan fingerprint density at radius 2 is 1.54 bits per heavy atom. The van der Waals surface area contributed by atoms with Crippen molar-refractivity contribution in [2.45, 2.75) is 116 Å². The molecule has 296 valence electrons. The monoisotopic (exact) mass is 751 g/mol. The quantitative estimate of drug-likeness (QED) is 0.204. The second kappa shape index (κ2) is 20.4. The van der Waals surface area contributed by atoms with Gasteiger partial charge in [-0.1, -0.05) is 85.2 Å². The third kappa shape index (κ3) is 12.0. The van der Waals surface area contributed by atoms with Crippen LogP contribution >= 0.6 is 0 Å². The highest BCUT2D eigenvalue weighted by atomic mass is 32.2. The molecule has 1 fully saturated rings. The molecule has 1 saturated heterocycles. The van der Waals surface area contributed by atoms with Crippen molar-refractivity contribution >= 4 is 33.7 Å². The fourth-order valence-corrected chi connectivity index (χ4v) is 8.68. The van der Waals surface area contributed by atoms with Crippen LogP contribution in [0.15, 0.2) is 30.3 Å². The largest absolute Gasteiger partial charge is 0.379 e. The molecule has 14 heteroatoms. The Bertz CT molecular complexity index is 1420. The molecule has 0 bridgehead atoms. The first-order chi connectivity index (χ1) is 24.3. The molecule has 52 heavy (non-hydrogen) atoms. The summed E-state index contributed by atoms with van der Waals surface area (Å²) < 4.78 is 39.6. The van der Waals surface area contributed by atoms with Gasteiger partial charge in [0.25, 0.3) is 0 Å². The van der Waals surface area contributed by atoms with Crippen molar-refractivity contribution in [2.24, 2.45) is 23.7 Å². The maximum Gasteiger partial charge on any atom is 0.245 e. The topological polar surface area (TPSA) is 155 Å². The molecule has 1 aliphatic rings. The van der Waals surface area contributed by atoms with E-state index < -0.39 is 58.2 Å². The van der Waals surface area contributed by atoms with Crippen molar-refractivity contribution in [1.82, 2.24) is 24.7 Å². The minimum Gasteiger partial charge on any atom is -0.379 e. The van der Waals surface area contributed by atoms with E-state index in [0.29, 0.717) is 31.4 Å². The molecule has 2 rings (SSSR count). The fourth-order valence-electron chi connectivity index (χ4n) is 7.49. The summed E-state index contributed by atoms with van der Waals surface area (Å²) in [6.45, 7) is 13.8. The maximum atomic E-state index is 14.2. The molecular weight excluding hydrogens is 687 g/mol. The van der Waals surface area contributed by atoms with E-state index >= 15 is 0 Å². The van der Waals surface area contributed by atoms with Gasteiger partial charge in [0.1, 0.15) is 6.04 Å². The van der Waals surface area contributed by atoms with E-state index in [1.165, 1.54) is 14.2 Å². The summed E-state index contributed by atoms with van der Waals surface area (Å²) in [6, 6.07) is 6.44. The predicted octanol–water partition coefficient (Wildman–Crippen LogP) is 3.28. The number of likely N-dealkylation sites (N-methyl/N-ethyl adjacent to an activating group) is 2. The number of nitrogens with zero attached hydrogens (tertiary/aromatic N) is 3. The third-order valence-electron chi connectivity index (χ3n) is 10.4. The molecule has 0 unspecified atom stereocenters. The summed E-state index contributed by atoms with van der Waals surface area (Å²) in [6.07, 6.45) is 0.503. The predicted molar refractivity (Wildman–Crippen MR) is 202 cm³/mol. The zero-order valence-corrected chi connectivity index (χ0v) is 34.2. The molecule has 1 aromatic rings. The molecule has 0 aliphatic carbocycles. The van der Waals surface area contributed by atoms with E-state index in [9.17, 15) is 27.6 Å². The van der Waals surface area contributed by atoms with Gasteiger partial charge in [0, 0.05) is 27.8 Å². The van der Waals surface area contributed by atoms with Crippen molar-refractivity contribution in [2.75, 3.05) is 41.9 Å². The highest BCUT2D eigenvalue weighted by Crippen LogP contribution is 2.30. The first kappa shape index (κ1) is 45.1. The van der Waals surface area contributed by atoms with Gasteiger partial charge < -0.3 is 24.6 Å². The lowest BCUT2D eigenvalue weighted by molar-refractivity contribution is -0.148. The van der Waals surface area contributed by atoms with Gasteiger partial charge in [-0.3, -0.25) is 28.8 Å². The van der Waals surface area contributed by atoms with Crippen LogP contribution in [0.2, 0.25) is 0 Å². The number of methoxy groups -OCH3 is 2. The molecule has 8 atom stereocenters. The van der Waals surface area contributed by atoms with E-state index in [2.05, 4.69) is 10.0 Å². The number of sulfonamides is 1. The van der Waals surface area contributed by atoms with E-state index in [0.717, 1.165) is 0 Å². The zero-order valence-electron chi connectivity index (χ0n) is 33.4. The van der Waals surface area contributed by atoms with Gasteiger partial charge in [0.2, 0.25) is 33.7 Å². The van der Waals surface area contributed by atoms with Crippen molar-refractivity contribution in [1.29, 1.82) is 0 Å².